The molecule has 1 unspecified atom stereocenters. The largest absolute Gasteiger partial charge is 0.326 e. The number of anilines is 2. The summed E-state index contributed by atoms with van der Waals surface area (Å²) in [5.41, 5.74) is 4.68. The zero-order valence-electron chi connectivity index (χ0n) is 20.2. The lowest BCUT2D eigenvalue weighted by atomic mass is 10.1. The maximum atomic E-state index is 12.9. The second-order valence-corrected chi connectivity index (χ2v) is 11.5. The van der Waals surface area contributed by atoms with Crippen molar-refractivity contribution in [3.05, 3.63) is 93.8 Å². The molecule has 0 aliphatic carbocycles. The number of hydrogen-bond acceptors (Lipinski definition) is 5. The minimum Gasteiger partial charge on any atom is -0.326 e. The summed E-state index contributed by atoms with van der Waals surface area (Å²) in [7, 11) is 0. The number of halogens is 1. The first-order valence-corrected chi connectivity index (χ1v) is 13.5. The van der Waals surface area contributed by atoms with Crippen molar-refractivity contribution < 1.29 is 9.59 Å². The Balaban J connectivity index is 1.34. The number of nitrogens with zero attached hydrogens (tertiary/aromatic N) is 1. The summed E-state index contributed by atoms with van der Waals surface area (Å²) >= 11 is 8.80. The number of thiazole rings is 1. The Hall–Kier alpha value is -3.13. The summed E-state index contributed by atoms with van der Waals surface area (Å²) < 4.78 is 0. The van der Waals surface area contributed by atoms with E-state index in [1.54, 1.807) is 12.1 Å². The molecule has 5 nitrogen and oxygen atoms in total. The zero-order valence-corrected chi connectivity index (χ0v) is 22.6. The summed E-state index contributed by atoms with van der Waals surface area (Å²) in [5, 5.41) is 6.75. The van der Waals surface area contributed by atoms with Gasteiger partial charge >= 0.3 is 0 Å². The normalized spacial score (nSPS) is 11.7. The van der Waals surface area contributed by atoms with Crippen molar-refractivity contribution >= 4 is 57.3 Å². The molecule has 1 aromatic heterocycles. The van der Waals surface area contributed by atoms with Crippen LogP contribution in [0.2, 0.25) is 5.02 Å². The number of aryl methyl sites for hydroxylation is 2. The average Bonchev–Trinajstić information content (AvgIpc) is 3.21. The number of carbonyl (C=O) groups is 2. The van der Waals surface area contributed by atoms with Crippen LogP contribution in [-0.4, -0.2) is 22.0 Å². The first-order valence-electron chi connectivity index (χ1n) is 11.4. The second-order valence-electron chi connectivity index (χ2n) is 8.42. The minimum absolute atomic E-state index is 0.117. The van der Waals surface area contributed by atoms with Crippen LogP contribution >= 0.6 is 34.7 Å². The van der Waals surface area contributed by atoms with Crippen LogP contribution in [0.5, 0.6) is 0 Å². The Labute approximate surface area is 224 Å². The quantitative estimate of drug-likeness (QED) is 0.231. The minimum atomic E-state index is -0.350. The molecule has 4 rings (SSSR count). The number of hydrogen-bond donors (Lipinski definition) is 2. The van der Waals surface area contributed by atoms with Crippen LogP contribution in [-0.2, 0) is 16.0 Å². The van der Waals surface area contributed by atoms with Gasteiger partial charge < -0.3 is 10.6 Å². The zero-order chi connectivity index (χ0) is 25.7. The van der Waals surface area contributed by atoms with E-state index in [9.17, 15) is 9.59 Å². The third-order valence-electron chi connectivity index (χ3n) is 5.43. The molecule has 0 saturated carbocycles. The Morgan fingerprint density at radius 2 is 1.72 bits per heavy atom. The first kappa shape index (κ1) is 25.9. The van der Waals surface area contributed by atoms with Gasteiger partial charge in [0.05, 0.1) is 17.4 Å². The molecule has 0 saturated heterocycles. The Morgan fingerprint density at radius 1 is 1.00 bits per heavy atom. The summed E-state index contributed by atoms with van der Waals surface area (Å²) in [5.74, 6) is -0.241. The smallest absolute Gasteiger partial charge is 0.239 e. The summed E-state index contributed by atoms with van der Waals surface area (Å²) in [6, 6.07) is 22.9. The van der Waals surface area contributed by atoms with Crippen LogP contribution in [0.3, 0.4) is 0 Å². The number of thioether (sulfide) groups is 1. The van der Waals surface area contributed by atoms with Crippen LogP contribution in [0.1, 0.15) is 22.9 Å². The van der Waals surface area contributed by atoms with Gasteiger partial charge in [0.1, 0.15) is 0 Å². The van der Waals surface area contributed by atoms with Crippen molar-refractivity contribution in [2.45, 2.75) is 37.3 Å². The molecule has 0 aliphatic rings. The molecule has 0 aliphatic heterocycles. The molecule has 1 atom stereocenters. The van der Waals surface area contributed by atoms with Gasteiger partial charge in [-0.2, -0.15) is 0 Å². The van der Waals surface area contributed by atoms with Crippen molar-refractivity contribution in [3.63, 3.8) is 0 Å². The van der Waals surface area contributed by atoms with Crippen molar-refractivity contribution in [1.29, 1.82) is 0 Å². The summed E-state index contributed by atoms with van der Waals surface area (Å²) in [6.07, 6.45) is 0.255. The number of rotatable bonds is 8. The molecular formula is C28H26ClN3O2S2. The fourth-order valence-corrected chi connectivity index (χ4v) is 5.42. The van der Waals surface area contributed by atoms with Gasteiger partial charge in [0, 0.05) is 26.0 Å². The lowest BCUT2D eigenvalue weighted by Crippen LogP contribution is -2.22. The number of benzene rings is 3. The highest BCUT2D eigenvalue weighted by molar-refractivity contribution is 8.00. The molecule has 3 aromatic carbocycles. The molecule has 184 valence electrons. The van der Waals surface area contributed by atoms with E-state index in [-0.39, 0.29) is 23.5 Å². The molecule has 0 fully saturated rings. The van der Waals surface area contributed by atoms with Gasteiger partial charge in [0.15, 0.2) is 5.13 Å². The van der Waals surface area contributed by atoms with E-state index in [0.29, 0.717) is 15.8 Å². The Bertz CT molecular complexity index is 1370. The number of nitrogens with one attached hydrogen (secondary N) is 2. The van der Waals surface area contributed by atoms with Crippen molar-refractivity contribution in [2.75, 3.05) is 10.6 Å². The van der Waals surface area contributed by atoms with Gasteiger partial charge in [-0.3, -0.25) is 9.59 Å². The molecule has 2 amide bonds. The highest BCUT2D eigenvalue weighted by Crippen LogP contribution is 2.32. The van der Waals surface area contributed by atoms with Gasteiger partial charge in [-0.15, -0.1) is 23.1 Å². The van der Waals surface area contributed by atoms with Gasteiger partial charge in [0.2, 0.25) is 11.8 Å². The highest BCUT2D eigenvalue weighted by Gasteiger charge is 2.18. The molecule has 4 aromatic rings. The van der Waals surface area contributed by atoms with Crippen LogP contribution in [0.4, 0.5) is 10.8 Å². The molecule has 0 spiro atoms. The van der Waals surface area contributed by atoms with Crippen LogP contribution in [0.25, 0.3) is 11.3 Å². The third kappa shape index (κ3) is 6.97. The number of amides is 2. The fourth-order valence-electron chi connectivity index (χ4n) is 3.53. The SMILES string of the molecule is Cc1ccc(-c2nc(NC(=O)C(C)Sc3cccc(NC(=O)Cc4ccc(Cl)cc4)c3)sc2C)cc1. The van der Waals surface area contributed by atoms with Gasteiger partial charge in [-0.1, -0.05) is 59.6 Å². The lowest BCUT2D eigenvalue weighted by Gasteiger charge is -2.12. The first-order chi connectivity index (χ1) is 17.3. The molecule has 8 heteroatoms. The Morgan fingerprint density at radius 3 is 2.44 bits per heavy atom. The number of carbonyl (C=O) groups excluding carboxylic acids is 2. The number of aromatic nitrogens is 1. The van der Waals surface area contributed by atoms with E-state index in [1.807, 2.05) is 69.3 Å². The van der Waals surface area contributed by atoms with Crippen molar-refractivity contribution in [1.82, 2.24) is 4.98 Å². The van der Waals surface area contributed by atoms with E-state index in [2.05, 4.69) is 27.8 Å². The second kappa shape index (κ2) is 11.7. The molecule has 0 radical (unpaired) electrons. The Kier molecular flexibility index (Phi) is 8.46. The molecule has 2 N–H and O–H groups in total. The lowest BCUT2D eigenvalue weighted by molar-refractivity contribution is -0.116. The summed E-state index contributed by atoms with van der Waals surface area (Å²) in [4.78, 5) is 31.9. The van der Waals surface area contributed by atoms with E-state index in [4.69, 9.17) is 11.6 Å². The standard InChI is InChI=1S/C28H26ClN3O2S2/c1-17-7-11-21(12-8-17)26-18(2)36-28(31-26)32-27(34)19(3)35-24-6-4-5-23(16-24)30-25(33)15-20-9-13-22(29)14-10-20/h4-14,16,19H,15H2,1-3H3,(H,30,33)(H,31,32,34). The van der Waals surface area contributed by atoms with Crippen molar-refractivity contribution in [3.8, 4) is 11.3 Å². The molecule has 0 bridgehead atoms. The molecular weight excluding hydrogens is 510 g/mol. The van der Waals surface area contributed by atoms with Gasteiger partial charge in [-0.05, 0) is 56.7 Å². The molecule has 36 heavy (non-hydrogen) atoms. The average molecular weight is 536 g/mol. The predicted octanol–water partition coefficient (Wildman–Crippen LogP) is 7.38. The van der Waals surface area contributed by atoms with E-state index >= 15 is 0 Å². The monoisotopic (exact) mass is 535 g/mol. The maximum Gasteiger partial charge on any atom is 0.239 e. The third-order valence-corrected chi connectivity index (χ3v) is 7.66. The van der Waals surface area contributed by atoms with Gasteiger partial charge in [0.25, 0.3) is 0 Å². The van der Waals surface area contributed by atoms with E-state index < -0.39 is 0 Å². The fraction of sp³-hybridized carbons (Fsp3) is 0.179. The molecule has 1 heterocycles. The van der Waals surface area contributed by atoms with Gasteiger partial charge in [-0.25, -0.2) is 4.98 Å². The predicted molar refractivity (Wildman–Crippen MR) is 151 cm³/mol. The van der Waals surface area contributed by atoms with Crippen LogP contribution < -0.4 is 10.6 Å². The van der Waals surface area contributed by atoms with E-state index in [0.717, 1.165) is 26.6 Å². The van der Waals surface area contributed by atoms with Crippen molar-refractivity contribution in [2.24, 2.45) is 0 Å². The maximum absolute atomic E-state index is 12.9. The highest BCUT2D eigenvalue weighted by atomic mass is 35.5. The van der Waals surface area contributed by atoms with Crippen LogP contribution in [0.15, 0.2) is 77.7 Å². The van der Waals surface area contributed by atoms with E-state index in [1.165, 1.54) is 28.7 Å². The summed E-state index contributed by atoms with van der Waals surface area (Å²) in [6.45, 7) is 5.91. The topological polar surface area (TPSA) is 71.1 Å². The van der Waals surface area contributed by atoms with Crippen LogP contribution in [0, 0.1) is 13.8 Å².